The molecule has 0 saturated carbocycles. The van der Waals surface area contributed by atoms with E-state index >= 15 is 0 Å². The number of carbonyl (C=O) groups excluding carboxylic acids is 1. The van der Waals surface area contributed by atoms with Gasteiger partial charge in [-0.3, -0.25) is 4.79 Å². The Kier molecular flexibility index (Phi) is 6.04. The summed E-state index contributed by atoms with van der Waals surface area (Å²) in [5.41, 5.74) is 1.71. The lowest BCUT2D eigenvalue weighted by Crippen LogP contribution is -2.25. The smallest absolute Gasteiger partial charge is 0.387 e. The number of para-hydroxylation sites is 3. The first-order valence-corrected chi connectivity index (χ1v) is 8.84. The van der Waals surface area contributed by atoms with Crippen molar-refractivity contribution in [3.63, 3.8) is 0 Å². The lowest BCUT2D eigenvalue weighted by molar-refractivity contribution is -0.0501. The van der Waals surface area contributed by atoms with E-state index in [4.69, 9.17) is 0 Å². The largest absolute Gasteiger partial charge is 0.434 e. The van der Waals surface area contributed by atoms with E-state index < -0.39 is 12.5 Å². The molecule has 2 aromatic carbocycles. The molecule has 1 aliphatic rings. The van der Waals surface area contributed by atoms with Gasteiger partial charge in [0.2, 0.25) is 0 Å². The summed E-state index contributed by atoms with van der Waals surface area (Å²) in [5, 5.41) is 2.85. The first kappa shape index (κ1) is 18.2. The number of amides is 1. The van der Waals surface area contributed by atoms with Crippen LogP contribution in [0, 0.1) is 0 Å². The number of rotatable bonds is 5. The van der Waals surface area contributed by atoms with Crippen LogP contribution in [0.25, 0.3) is 0 Å². The molecule has 1 heterocycles. The lowest BCUT2D eigenvalue weighted by Gasteiger charge is -2.25. The maximum Gasteiger partial charge on any atom is 0.387 e. The van der Waals surface area contributed by atoms with Gasteiger partial charge in [-0.25, -0.2) is 0 Å². The molecule has 6 heteroatoms. The van der Waals surface area contributed by atoms with Gasteiger partial charge in [0, 0.05) is 13.1 Å². The van der Waals surface area contributed by atoms with Crippen LogP contribution in [-0.4, -0.2) is 25.6 Å². The standard InChI is InChI=1S/C20H22F2N2O2/c21-20(22)26-18-12-6-3-9-15(18)19(25)23-16-10-4-5-11-17(16)24-13-7-1-2-8-14-24/h3-6,9-12,20H,1-2,7-8,13-14H2,(H,23,25). The second kappa shape index (κ2) is 8.65. The van der Waals surface area contributed by atoms with Crippen molar-refractivity contribution in [3.8, 4) is 5.75 Å². The van der Waals surface area contributed by atoms with Crippen molar-refractivity contribution in [2.24, 2.45) is 0 Å². The van der Waals surface area contributed by atoms with Crippen molar-refractivity contribution >= 4 is 17.3 Å². The minimum atomic E-state index is -2.98. The summed E-state index contributed by atoms with van der Waals surface area (Å²) >= 11 is 0. The summed E-state index contributed by atoms with van der Waals surface area (Å²) in [7, 11) is 0. The fraction of sp³-hybridized carbons (Fsp3) is 0.350. The molecular weight excluding hydrogens is 338 g/mol. The highest BCUT2D eigenvalue weighted by atomic mass is 19.3. The number of anilines is 2. The number of nitrogens with zero attached hydrogens (tertiary/aromatic N) is 1. The normalized spacial score (nSPS) is 14.8. The molecule has 0 spiro atoms. The molecule has 26 heavy (non-hydrogen) atoms. The van der Waals surface area contributed by atoms with E-state index in [0.29, 0.717) is 5.69 Å². The van der Waals surface area contributed by atoms with Gasteiger partial charge in [-0.1, -0.05) is 37.1 Å². The van der Waals surface area contributed by atoms with Crippen molar-refractivity contribution in [3.05, 3.63) is 54.1 Å². The van der Waals surface area contributed by atoms with E-state index in [2.05, 4.69) is 15.0 Å². The van der Waals surface area contributed by atoms with Gasteiger partial charge in [-0.15, -0.1) is 0 Å². The van der Waals surface area contributed by atoms with Gasteiger partial charge in [0.05, 0.1) is 16.9 Å². The van der Waals surface area contributed by atoms with Gasteiger partial charge in [-0.2, -0.15) is 8.78 Å². The fourth-order valence-corrected chi connectivity index (χ4v) is 3.21. The number of carbonyl (C=O) groups is 1. The number of hydrogen-bond acceptors (Lipinski definition) is 3. The maximum absolute atomic E-state index is 12.7. The molecule has 0 unspecified atom stereocenters. The van der Waals surface area contributed by atoms with Crippen LogP contribution >= 0.6 is 0 Å². The Hall–Kier alpha value is -2.63. The molecule has 1 N–H and O–H groups in total. The maximum atomic E-state index is 12.7. The number of ether oxygens (including phenoxy) is 1. The average Bonchev–Trinajstić information content (AvgIpc) is 2.91. The monoisotopic (exact) mass is 360 g/mol. The van der Waals surface area contributed by atoms with E-state index in [1.54, 1.807) is 12.1 Å². The SMILES string of the molecule is O=C(Nc1ccccc1N1CCCCCC1)c1ccccc1OC(F)F. The molecule has 0 radical (unpaired) electrons. The summed E-state index contributed by atoms with van der Waals surface area (Å²) in [6.45, 7) is -1.09. The number of nitrogens with one attached hydrogen (secondary N) is 1. The van der Waals surface area contributed by atoms with Gasteiger partial charge in [0.25, 0.3) is 5.91 Å². The van der Waals surface area contributed by atoms with E-state index in [0.717, 1.165) is 31.6 Å². The van der Waals surface area contributed by atoms with E-state index in [1.165, 1.54) is 25.0 Å². The second-order valence-electron chi connectivity index (χ2n) is 6.25. The summed E-state index contributed by atoms with van der Waals surface area (Å²) < 4.78 is 29.6. The van der Waals surface area contributed by atoms with Gasteiger partial charge >= 0.3 is 6.61 Å². The van der Waals surface area contributed by atoms with Crippen molar-refractivity contribution in [1.82, 2.24) is 0 Å². The van der Waals surface area contributed by atoms with Crippen LogP contribution in [0.15, 0.2) is 48.5 Å². The Morgan fingerprint density at radius 2 is 1.62 bits per heavy atom. The molecule has 0 aromatic heterocycles. The Bertz CT molecular complexity index is 744. The average molecular weight is 360 g/mol. The lowest BCUT2D eigenvalue weighted by atomic mass is 10.1. The van der Waals surface area contributed by atoms with Crippen LogP contribution in [0.2, 0.25) is 0 Å². The van der Waals surface area contributed by atoms with Gasteiger partial charge in [0.15, 0.2) is 0 Å². The molecule has 1 saturated heterocycles. The highest BCUT2D eigenvalue weighted by molar-refractivity contribution is 6.07. The summed E-state index contributed by atoms with van der Waals surface area (Å²) in [6, 6.07) is 13.6. The summed E-state index contributed by atoms with van der Waals surface area (Å²) in [5.74, 6) is -0.601. The van der Waals surface area contributed by atoms with Crippen LogP contribution < -0.4 is 15.0 Å². The predicted octanol–water partition coefficient (Wildman–Crippen LogP) is 4.92. The van der Waals surface area contributed by atoms with Crippen molar-refractivity contribution in [2.45, 2.75) is 32.3 Å². The van der Waals surface area contributed by atoms with Gasteiger partial charge in [-0.05, 0) is 37.1 Å². The number of alkyl halides is 2. The Morgan fingerprint density at radius 1 is 0.962 bits per heavy atom. The molecule has 0 aliphatic carbocycles. The molecule has 1 aliphatic heterocycles. The van der Waals surface area contributed by atoms with E-state index in [-0.39, 0.29) is 11.3 Å². The number of benzene rings is 2. The Labute approximate surface area is 151 Å². The minimum absolute atomic E-state index is 0.0819. The first-order valence-electron chi connectivity index (χ1n) is 8.84. The van der Waals surface area contributed by atoms with Crippen LogP contribution in [0.1, 0.15) is 36.0 Å². The van der Waals surface area contributed by atoms with Crippen LogP contribution in [0.5, 0.6) is 5.75 Å². The van der Waals surface area contributed by atoms with Crippen molar-refractivity contribution in [1.29, 1.82) is 0 Å². The Morgan fingerprint density at radius 3 is 2.35 bits per heavy atom. The molecule has 3 rings (SSSR count). The fourth-order valence-electron chi connectivity index (χ4n) is 3.21. The van der Waals surface area contributed by atoms with Crippen LogP contribution in [-0.2, 0) is 0 Å². The third kappa shape index (κ3) is 4.50. The third-order valence-corrected chi connectivity index (χ3v) is 4.45. The zero-order valence-corrected chi connectivity index (χ0v) is 14.5. The Balaban J connectivity index is 1.82. The first-order chi connectivity index (χ1) is 12.6. The predicted molar refractivity (Wildman–Crippen MR) is 98.2 cm³/mol. The second-order valence-corrected chi connectivity index (χ2v) is 6.25. The van der Waals surface area contributed by atoms with Gasteiger partial charge in [0.1, 0.15) is 5.75 Å². The molecule has 4 nitrogen and oxygen atoms in total. The zero-order chi connectivity index (χ0) is 18.4. The molecular formula is C20H22F2N2O2. The summed E-state index contributed by atoms with van der Waals surface area (Å²) in [6.07, 6.45) is 4.66. The quantitative estimate of drug-likeness (QED) is 0.823. The van der Waals surface area contributed by atoms with Crippen LogP contribution in [0.3, 0.4) is 0 Å². The molecule has 1 fully saturated rings. The molecule has 138 valence electrons. The van der Waals surface area contributed by atoms with Crippen LogP contribution in [0.4, 0.5) is 20.2 Å². The van der Waals surface area contributed by atoms with E-state index in [9.17, 15) is 13.6 Å². The molecule has 0 atom stereocenters. The molecule has 2 aromatic rings. The van der Waals surface area contributed by atoms with Crippen molar-refractivity contribution in [2.75, 3.05) is 23.3 Å². The highest BCUT2D eigenvalue weighted by Gasteiger charge is 2.18. The zero-order valence-electron chi connectivity index (χ0n) is 14.5. The molecule has 0 bridgehead atoms. The number of halogens is 2. The topological polar surface area (TPSA) is 41.6 Å². The minimum Gasteiger partial charge on any atom is -0.434 e. The molecule has 1 amide bonds. The van der Waals surface area contributed by atoms with E-state index in [1.807, 2.05) is 24.3 Å². The highest BCUT2D eigenvalue weighted by Crippen LogP contribution is 2.29. The third-order valence-electron chi connectivity index (χ3n) is 4.45. The van der Waals surface area contributed by atoms with Gasteiger partial charge < -0.3 is 15.0 Å². The number of hydrogen-bond donors (Lipinski definition) is 1. The summed E-state index contributed by atoms with van der Waals surface area (Å²) in [4.78, 5) is 14.9. The van der Waals surface area contributed by atoms with Crippen molar-refractivity contribution < 1.29 is 18.3 Å².